The van der Waals surface area contributed by atoms with Crippen molar-refractivity contribution in [1.82, 2.24) is 5.32 Å². The summed E-state index contributed by atoms with van der Waals surface area (Å²) in [5.74, 6) is 0.608. The molecule has 0 aliphatic carbocycles. The Hall–Kier alpha value is -0.900. The molecule has 3 heteroatoms. The number of thiophene rings is 1. The second-order valence-electron chi connectivity index (χ2n) is 4.93. The first kappa shape index (κ1) is 12.2. The Morgan fingerprint density at radius 1 is 1.39 bits per heavy atom. The van der Waals surface area contributed by atoms with Crippen molar-refractivity contribution >= 4 is 21.4 Å². The number of hydrogen-bond acceptors (Lipinski definition) is 3. The van der Waals surface area contributed by atoms with E-state index in [2.05, 4.69) is 42.7 Å². The number of hydrogen-bond donors (Lipinski definition) is 1. The molecule has 1 N–H and O–H groups in total. The van der Waals surface area contributed by atoms with Crippen LogP contribution in [0.3, 0.4) is 0 Å². The summed E-state index contributed by atoms with van der Waals surface area (Å²) in [5.41, 5.74) is 0. The van der Waals surface area contributed by atoms with Crippen molar-refractivity contribution in [2.45, 2.75) is 18.9 Å². The molecule has 96 valence electrons. The zero-order valence-electron chi connectivity index (χ0n) is 10.7. The van der Waals surface area contributed by atoms with E-state index >= 15 is 0 Å². The van der Waals surface area contributed by atoms with Gasteiger partial charge in [-0.2, -0.15) is 0 Å². The quantitative estimate of drug-likeness (QED) is 0.911. The number of ether oxygens (including phenoxy) is 1. The topological polar surface area (TPSA) is 21.3 Å². The van der Waals surface area contributed by atoms with E-state index < -0.39 is 0 Å². The van der Waals surface area contributed by atoms with Gasteiger partial charge in [0.2, 0.25) is 0 Å². The Kier molecular flexibility index (Phi) is 3.64. The molecular weight excluding hydrogens is 242 g/mol. The summed E-state index contributed by atoms with van der Waals surface area (Å²) in [6.07, 6.45) is 2.45. The summed E-state index contributed by atoms with van der Waals surface area (Å²) < 4.78 is 7.00. The molecule has 0 saturated carbocycles. The molecule has 2 heterocycles. The van der Waals surface area contributed by atoms with Crippen LogP contribution in [0.1, 0.15) is 23.8 Å². The van der Waals surface area contributed by atoms with Gasteiger partial charge in [0.15, 0.2) is 0 Å². The van der Waals surface area contributed by atoms with E-state index in [1.54, 1.807) is 0 Å². The van der Waals surface area contributed by atoms with Crippen LogP contribution in [0.25, 0.3) is 10.1 Å². The molecule has 0 radical (unpaired) electrons. The molecule has 1 aliphatic rings. The highest BCUT2D eigenvalue weighted by atomic mass is 32.1. The summed E-state index contributed by atoms with van der Waals surface area (Å²) in [5, 5.41) is 4.84. The maximum atomic E-state index is 5.63. The SMILES string of the molecule is CNC(c1cc2ccccc2s1)C1CCCOC1. The Bertz CT molecular complexity index is 483. The minimum atomic E-state index is 0.433. The van der Waals surface area contributed by atoms with Gasteiger partial charge in [0.25, 0.3) is 0 Å². The Labute approximate surface area is 112 Å². The summed E-state index contributed by atoms with van der Waals surface area (Å²) in [7, 11) is 2.06. The van der Waals surface area contributed by atoms with Crippen molar-refractivity contribution in [2.75, 3.05) is 20.3 Å². The van der Waals surface area contributed by atoms with E-state index in [9.17, 15) is 0 Å². The normalized spacial score (nSPS) is 22.2. The van der Waals surface area contributed by atoms with E-state index in [1.807, 2.05) is 11.3 Å². The van der Waals surface area contributed by atoms with Crippen molar-refractivity contribution in [1.29, 1.82) is 0 Å². The molecule has 2 nitrogen and oxygen atoms in total. The molecule has 3 rings (SSSR count). The van der Waals surface area contributed by atoms with Gasteiger partial charge in [-0.3, -0.25) is 0 Å². The minimum Gasteiger partial charge on any atom is -0.381 e. The average Bonchev–Trinajstić information content (AvgIpc) is 2.84. The van der Waals surface area contributed by atoms with Crippen LogP contribution in [0, 0.1) is 5.92 Å². The second kappa shape index (κ2) is 5.39. The highest BCUT2D eigenvalue weighted by Gasteiger charge is 2.25. The lowest BCUT2D eigenvalue weighted by Gasteiger charge is -2.29. The van der Waals surface area contributed by atoms with Crippen LogP contribution in [0.5, 0.6) is 0 Å². The predicted octanol–water partition coefficient (Wildman–Crippen LogP) is 3.59. The van der Waals surface area contributed by atoms with E-state index in [0.29, 0.717) is 12.0 Å². The first-order chi connectivity index (χ1) is 8.88. The largest absolute Gasteiger partial charge is 0.381 e. The van der Waals surface area contributed by atoms with Gasteiger partial charge in [-0.05, 0) is 37.4 Å². The van der Waals surface area contributed by atoms with Crippen LogP contribution in [0.2, 0.25) is 0 Å². The third kappa shape index (κ3) is 2.30. The molecule has 0 amide bonds. The fourth-order valence-corrected chi connectivity index (χ4v) is 4.06. The molecule has 1 aromatic heterocycles. The Morgan fingerprint density at radius 2 is 2.28 bits per heavy atom. The van der Waals surface area contributed by atoms with Crippen molar-refractivity contribution < 1.29 is 4.74 Å². The highest BCUT2D eigenvalue weighted by molar-refractivity contribution is 7.19. The Balaban J connectivity index is 1.90. The number of fused-ring (bicyclic) bond motifs is 1. The van der Waals surface area contributed by atoms with Crippen molar-refractivity contribution in [3.63, 3.8) is 0 Å². The molecule has 1 aromatic carbocycles. The lowest BCUT2D eigenvalue weighted by Crippen LogP contribution is -2.30. The summed E-state index contributed by atoms with van der Waals surface area (Å²) in [6.45, 7) is 1.82. The predicted molar refractivity (Wildman–Crippen MR) is 77.2 cm³/mol. The third-order valence-electron chi connectivity index (χ3n) is 3.73. The first-order valence-electron chi connectivity index (χ1n) is 6.62. The first-order valence-corrected chi connectivity index (χ1v) is 7.43. The molecule has 2 atom stereocenters. The van der Waals surface area contributed by atoms with Gasteiger partial charge in [0.05, 0.1) is 6.61 Å². The smallest absolute Gasteiger partial charge is 0.0512 e. The zero-order valence-corrected chi connectivity index (χ0v) is 11.5. The van der Waals surface area contributed by atoms with Gasteiger partial charge in [-0.1, -0.05) is 18.2 Å². The summed E-state index contributed by atoms with van der Waals surface area (Å²) in [4.78, 5) is 1.44. The molecule has 2 aromatic rings. The maximum absolute atomic E-state index is 5.63. The maximum Gasteiger partial charge on any atom is 0.0512 e. The van der Waals surface area contributed by atoms with Gasteiger partial charge >= 0.3 is 0 Å². The van der Waals surface area contributed by atoms with Crippen LogP contribution < -0.4 is 5.32 Å². The lowest BCUT2D eigenvalue weighted by atomic mass is 9.92. The molecule has 2 unspecified atom stereocenters. The molecule has 1 aliphatic heterocycles. The van der Waals surface area contributed by atoms with Gasteiger partial charge in [-0.25, -0.2) is 0 Å². The van der Waals surface area contributed by atoms with E-state index in [0.717, 1.165) is 13.2 Å². The summed E-state index contributed by atoms with van der Waals surface area (Å²) in [6, 6.07) is 11.4. The molecule has 1 saturated heterocycles. The van der Waals surface area contributed by atoms with Crippen LogP contribution >= 0.6 is 11.3 Å². The van der Waals surface area contributed by atoms with Crippen molar-refractivity contribution in [3.05, 3.63) is 35.2 Å². The molecule has 1 fully saturated rings. The number of benzene rings is 1. The molecule has 0 spiro atoms. The Morgan fingerprint density at radius 3 is 3.00 bits per heavy atom. The third-order valence-corrected chi connectivity index (χ3v) is 4.93. The second-order valence-corrected chi connectivity index (χ2v) is 6.05. The molecule has 0 bridgehead atoms. The monoisotopic (exact) mass is 261 g/mol. The number of rotatable bonds is 3. The van der Waals surface area contributed by atoms with Gasteiger partial charge < -0.3 is 10.1 Å². The van der Waals surface area contributed by atoms with Crippen molar-refractivity contribution in [3.8, 4) is 0 Å². The van der Waals surface area contributed by atoms with E-state index in [4.69, 9.17) is 4.74 Å². The van der Waals surface area contributed by atoms with Crippen LogP contribution in [-0.2, 0) is 4.74 Å². The van der Waals surface area contributed by atoms with E-state index in [1.165, 1.54) is 27.8 Å². The van der Waals surface area contributed by atoms with Gasteiger partial charge in [0.1, 0.15) is 0 Å². The minimum absolute atomic E-state index is 0.433. The standard InChI is InChI=1S/C15H19NOS/c1-16-15(12-6-4-8-17-10-12)14-9-11-5-2-3-7-13(11)18-14/h2-3,5,7,9,12,15-16H,4,6,8,10H2,1H3. The van der Waals surface area contributed by atoms with Gasteiger partial charge in [-0.15, -0.1) is 11.3 Å². The van der Waals surface area contributed by atoms with E-state index in [-0.39, 0.29) is 0 Å². The summed E-state index contributed by atoms with van der Waals surface area (Å²) >= 11 is 1.91. The van der Waals surface area contributed by atoms with Crippen LogP contribution in [-0.4, -0.2) is 20.3 Å². The average molecular weight is 261 g/mol. The van der Waals surface area contributed by atoms with Gasteiger partial charge in [0, 0.05) is 28.1 Å². The fraction of sp³-hybridized carbons (Fsp3) is 0.467. The zero-order chi connectivity index (χ0) is 12.4. The highest BCUT2D eigenvalue weighted by Crippen LogP contribution is 2.35. The molecule has 18 heavy (non-hydrogen) atoms. The van der Waals surface area contributed by atoms with Crippen molar-refractivity contribution in [2.24, 2.45) is 5.92 Å². The van der Waals surface area contributed by atoms with Crippen LogP contribution in [0.15, 0.2) is 30.3 Å². The number of nitrogens with one attached hydrogen (secondary N) is 1. The lowest BCUT2D eigenvalue weighted by molar-refractivity contribution is 0.0407. The van der Waals surface area contributed by atoms with Crippen LogP contribution in [0.4, 0.5) is 0 Å². The molecular formula is C15H19NOS. The fourth-order valence-electron chi connectivity index (χ4n) is 2.79.